The highest BCUT2D eigenvalue weighted by Gasteiger charge is 2.11. The van der Waals surface area contributed by atoms with Crippen molar-refractivity contribution < 1.29 is 9.59 Å². The normalized spacial score (nSPS) is 9.47. The Hall–Kier alpha value is -2.37. The van der Waals surface area contributed by atoms with Gasteiger partial charge in [-0.2, -0.15) is 0 Å². The van der Waals surface area contributed by atoms with Crippen LogP contribution in [0.15, 0.2) is 24.3 Å². The molecule has 0 aliphatic rings. The molecule has 1 aromatic rings. The van der Waals surface area contributed by atoms with Crippen LogP contribution in [-0.4, -0.2) is 30.1 Å². The second-order valence-corrected chi connectivity index (χ2v) is 3.32. The van der Waals surface area contributed by atoms with E-state index in [1.165, 1.54) is 11.9 Å². The first-order valence-corrected chi connectivity index (χ1v) is 4.81. The molecule has 0 fully saturated rings. The summed E-state index contributed by atoms with van der Waals surface area (Å²) in [6.45, 7) is 1.13. The van der Waals surface area contributed by atoms with Gasteiger partial charge in [-0.1, -0.05) is 6.07 Å². The second-order valence-electron chi connectivity index (χ2n) is 3.32. The van der Waals surface area contributed by atoms with E-state index in [0.717, 1.165) is 6.54 Å². The molecule has 0 saturated carbocycles. The summed E-state index contributed by atoms with van der Waals surface area (Å²) < 4.78 is 0. The van der Waals surface area contributed by atoms with E-state index in [2.05, 4.69) is 5.32 Å². The molecule has 0 unspecified atom stereocenters. The number of nitrogens with two attached hydrogens (primary N) is 1. The van der Waals surface area contributed by atoms with Crippen molar-refractivity contribution in [3.05, 3.63) is 36.4 Å². The maximum atomic E-state index is 11.8. The van der Waals surface area contributed by atoms with Crippen molar-refractivity contribution in [3.63, 3.8) is 0 Å². The van der Waals surface area contributed by atoms with Crippen molar-refractivity contribution in [1.29, 1.82) is 5.41 Å². The van der Waals surface area contributed by atoms with Crippen LogP contribution in [0.5, 0.6) is 0 Å². The van der Waals surface area contributed by atoms with Gasteiger partial charge in [-0.15, -0.1) is 0 Å². The first kappa shape index (κ1) is 12.7. The number of anilines is 1. The van der Waals surface area contributed by atoms with Gasteiger partial charge in [-0.05, 0) is 18.2 Å². The zero-order chi connectivity index (χ0) is 12.8. The lowest BCUT2D eigenvalue weighted by Gasteiger charge is -2.13. The number of rotatable bonds is 4. The molecule has 6 heteroatoms. The van der Waals surface area contributed by atoms with Crippen LogP contribution in [0.1, 0.15) is 10.4 Å². The highest BCUT2D eigenvalue weighted by Crippen LogP contribution is 2.12. The SMILES string of the molecule is CN([CH]C=O)C(=O)c1cccc(NC(=N)N)c1. The van der Waals surface area contributed by atoms with Crippen molar-refractivity contribution in [3.8, 4) is 0 Å². The average Bonchev–Trinajstić information content (AvgIpc) is 2.28. The molecule has 1 rings (SSSR count). The third-order valence-corrected chi connectivity index (χ3v) is 1.99. The molecule has 4 N–H and O–H groups in total. The number of nitrogens with zero attached hydrogens (tertiary/aromatic N) is 1. The van der Waals surface area contributed by atoms with E-state index < -0.39 is 0 Å². The fourth-order valence-electron chi connectivity index (χ4n) is 1.25. The quantitative estimate of drug-likeness (QED) is 0.399. The van der Waals surface area contributed by atoms with Gasteiger partial charge in [0.25, 0.3) is 5.91 Å². The Morgan fingerprint density at radius 3 is 2.82 bits per heavy atom. The topological polar surface area (TPSA) is 99.3 Å². The number of carbonyl (C=O) groups is 2. The van der Waals surface area contributed by atoms with E-state index in [1.54, 1.807) is 24.3 Å². The minimum absolute atomic E-state index is 0.206. The number of hydrogen-bond acceptors (Lipinski definition) is 3. The molecule has 6 nitrogen and oxygen atoms in total. The van der Waals surface area contributed by atoms with Crippen molar-refractivity contribution >= 4 is 23.8 Å². The number of guanidine groups is 1. The van der Waals surface area contributed by atoms with Gasteiger partial charge in [0.2, 0.25) is 0 Å². The Morgan fingerprint density at radius 1 is 1.53 bits per heavy atom. The standard InChI is InChI=1S/C11H13N4O2/c1-15(5-6-16)10(17)8-3-2-4-9(7-8)14-11(12)13/h2-7H,1H3,(H4,12,13,14). The van der Waals surface area contributed by atoms with Gasteiger partial charge in [0.15, 0.2) is 5.96 Å². The van der Waals surface area contributed by atoms with Gasteiger partial charge in [-0.25, -0.2) is 0 Å². The predicted octanol–water partition coefficient (Wildman–Crippen LogP) is 0.425. The van der Waals surface area contributed by atoms with Gasteiger partial charge in [0.05, 0.1) is 0 Å². The summed E-state index contributed by atoms with van der Waals surface area (Å²) in [6, 6.07) is 6.51. The highest BCUT2D eigenvalue weighted by atomic mass is 16.2. The molecule has 0 aromatic heterocycles. The van der Waals surface area contributed by atoms with Crippen LogP contribution in [0.4, 0.5) is 5.69 Å². The molecule has 0 atom stereocenters. The maximum absolute atomic E-state index is 11.8. The molecule has 0 aliphatic heterocycles. The Kier molecular flexibility index (Phi) is 4.21. The largest absolute Gasteiger partial charge is 0.370 e. The first-order valence-electron chi connectivity index (χ1n) is 4.81. The Bertz CT molecular complexity index is 445. The number of nitrogens with one attached hydrogen (secondary N) is 2. The number of hydrogen-bond donors (Lipinski definition) is 3. The van der Waals surface area contributed by atoms with Crippen LogP contribution in [0.25, 0.3) is 0 Å². The summed E-state index contributed by atoms with van der Waals surface area (Å²) in [5.74, 6) is -0.522. The van der Waals surface area contributed by atoms with Crippen LogP contribution in [0.2, 0.25) is 0 Å². The number of likely N-dealkylation sites (N-methyl/N-ethyl adjacent to an activating group) is 1. The van der Waals surface area contributed by atoms with Crippen LogP contribution in [0, 0.1) is 12.0 Å². The fraction of sp³-hybridized carbons (Fsp3) is 0.0909. The highest BCUT2D eigenvalue weighted by molar-refractivity contribution is 5.98. The molecule has 0 aliphatic carbocycles. The molecular formula is C11H13N4O2. The fourth-order valence-corrected chi connectivity index (χ4v) is 1.25. The number of aldehydes is 1. The molecule has 0 spiro atoms. The Balaban J connectivity index is 2.87. The van der Waals surface area contributed by atoms with Crippen molar-refractivity contribution in [2.75, 3.05) is 12.4 Å². The third-order valence-electron chi connectivity index (χ3n) is 1.99. The van der Waals surface area contributed by atoms with Gasteiger partial charge in [-0.3, -0.25) is 10.2 Å². The van der Waals surface area contributed by atoms with Gasteiger partial charge in [0.1, 0.15) is 12.8 Å². The Morgan fingerprint density at radius 2 is 2.24 bits per heavy atom. The minimum Gasteiger partial charge on any atom is -0.370 e. The molecule has 0 saturated heterocycles. The zero-order valence-corrected chi connectivity index (χ0v) is 9.31. The lowest BCUT2D eigenvalue weighted by atomic mass is 10.2. The van der Waals surface area contributed by atoms with E-state index in [9.17, 15) is 9.59 Å². The van der Waals surface area contributed by atoms with Gasteiger partial charge < -0.3 is 20.7 Å². The lowest BCUT2D eigenvalue weighted by molar-refractivity contribution is -0.106. The number of amides is 1. The molecular weight excluding hydrogens is 220 g/mol. The van der Waals surface area contributed by atoms with Crippen LogP contribution < -0.4 is 11.1 Å². The summed E-state index contributed by atoms with van der Waals surface area (Å²) >= 11 is 0. The lowest BCUT2D eigenvalue weighted by Crippen LogP contribution is -2.25. The summed E-state index contributed by atoms with van der Waals surface area (Å²) in [7, 11) is 1.49. The smallest absolute Gasteiger partial charge is 0.254 e. The first-order chi connectivity index (χ1) is 8.04. The zero-order valence-electron chi connectivity index (χ0n) is 9.31. The summed E-state index contributed by atoms with van der Waals surface area (Å²) in [6.07, 6.45) is 0.537. The number of carbonyl (C=O) groups excluding carboxylic acids is 2. The number of benzene rings is 1. The van der Waals surface area contributed by atoms with Crippen molar-refractivity contribution in [1.82, 2.24) is 4.90 Å². The monoisotopic (exact) mass is 233 g/mol. The minimum atomic E-state index is -0.315. The third kappa shape index (κ3) is 3.60. The van der Waals surface area contributed by atoms with Crippen LogP contribution in [0.3, 0.4) is 0 Å². The van der Waals surface area contributed by atoms with Crippen LogP contribution in [-0.2, 0) is 4.79 Å². The molecule has 0 bridgehead atoms. The van der Waals surface area contributed by atoms with E-state index in [0.29, 0.717) is 17.5 Å². The van der Waals surface area contributed by atoms with Gasteiger partial charge in [0, 0.05) is 18.3 Å². The van der Waals surface area contributed by atoms with Gasteiger partial charge >= 0.3 is 0 Å². The van der Waals surface area contributed by atoms with E-state index >= 15 is 0 Å². The second kappa shape index (κ2) is 5.64. The molecule has 0 heterocycles. The average molecular weight is 233 g/mol. The summed E-state index contributed by atoms with van der Waals surface area (Å²) in [5.41, 5.74) is 6.13. The molecule has 1 aromatic carbocycles. The molecule has 1 radical (unpaired) electrons. The maximum Gasteiger partial charge on any atom is 0.254 e. The summed E-state index contributed by atoms with van der Waals surface area (Å²) in [4.78, 5) is 23.2. The van der Waals surface area contributed by atoms with Crippen LogP contribution >= 0.6 is 0 Å². The van der Waals surface area contributed by atoms with Crippen molar-refractivity contribution in [2.24, 2.45) is 5.73 Å². The Labute approximate surface area is 98.9 Å². The molecule has 1 amide bonds. The summed E-state index contributed by atoms with van der Waals surface area (Å²) in [5, 5.41) is 9.66. The van der Waals surface area contributed by atoms with Crippen molar-refractivity contribution in [2.45, 2.75) is 0 Å². The van der Waals surface area contributed by atoms with E-state index in [4.69, 9.17) is 11.1 Å². The molecule has 17 heavy (non-hydrogen) atoms. The van der Waals surface area contributed by atoms with E-state index in [-0.39, 0.29) is 11.9 Å². The molecule has 89 valence electrons. The predicted molar refractivity (Wildman–Crippen MR) is 64.4 cm³/mol. The van der Waals surface area contributed by atoms with E-state index in [1.807, 2.05) is 0 Å².